The Morgan fingerprint density at radius 1 is 0.952 bits per heavy atom. The third-order valence-corrected chi connectivity index (χ3v) is 3.62. The summed E-state index contributed by atoms with van der Waals surface area (Å²) in [6, 6.07) is 8.52. The lowest BCUT2D eigenvalue weighted by Crippen LogP contribution is -2.20. The second-order valence-corrected chi connectivity index (χ2v) is 7.55. The zero-order chi connectivity index (χ0) is 15.8. The molecule has 1 aromatic carbocycles. The van der Waals surface area contributed by atoms with Crippen LogP contribution in [-0.2, 0) is 17.4 Å². The Labute approximate surface area is 127 Å². The summed E-state index contributed by atoms with van der Waals surface area (Å²) in [6.45, 7) is 13.5. The summed E-state index contributed by atoms with van der Waals surface area (Å²) >= 11 is 0. The standard InChI is InChI=1S/C17H26N4/c1-16(2,3)12-7-9-13(10-8-12)21-15(17(4,5)6)14(11-18)19-20-21/h7-10H,11,18H2,1-6H3. The van der Waals surface area contributed by atoms with Crippen LogP contribution >= 0.6 is 0 Å². The van der Waals surface area contributed by atoms with Crippen LogP contribution in [0.25, 0.3) is 5.69 Å². The Morgan fingerprint density at radius 3 is 1.95 bits per heavy atom. The predicted octanol–water partition coefficient (Wildman–Crippen LogP) is 3.32. The van der Waals surface area contributed by atoms with Gasteiger partial charge in [-0.05, 0) is 23.1 Å². The number of nitrogens with two attached hydrogens (primary N) is 1. The van der Waals surface area contributed by atoms with Crippen molar-refractivity contribution in [2.24, 2.45) is 5.73 Å². The van der Waals surface area contributed by atoms with E-state index in [9.17, 15) is 0 Å². The molecule has 0 amide bonds. The maximum absolute atomic E-state index is 5.80. The van der Waals surface area contributed by atoms with E-state index in [1.807, 2.05) is 4.68 Å². The highest BCUT2D eigenvalue weighted by Gasteiger charge is 2.25. The number of aromatic nitrogens is 3. The molecule has 2 aromatic rings. The van der Waals surface area contributed by atoms with Crippen molar-refractivity contribution in [2.45, 2.75) is 58.9 Å². The molecular formula is C17H26N4. The quantitative estimate of drug-likeness (QED) is 0.921. The van der Waals surface area contributed by atoms with E-state index in [1.54, 1.807) is 0 Å². The molecule has 0 saturated carbocycles. The highest BCUT2D eigenvalue weighted by molar-refractivity contribution is 5.39. The first kappa shape index (κ1) is 15.7. The van der Waals surface area contributed by atoms with Gasteiger partial charge in [-0.15, -0.1) is 5.10 Å². The van der Waals surface area contributed by atoms with Gasteiger partial charge in [0.1, 0.15) is 5.69 Å². The summed E-state index contributed by atoms with van der Waals surface area (Å²) in [7, 11) is 0. The van der Waals surface area contributed by atoms with Crippen LogP contribution in [0.5, 0.6) is 0 Å². The highest BCUT2D eigenvalue weighted by Crippen LogP contribution is 2.28. The maximum Gasteiger partial charge on any atom is 0.100 e. The van der Waals surface area contributed by atoms with Gasteiger partial charge in [0, 0.05) is 12.0 Å². The SMILES string of the molecule is CC(C)(C)c1ccc(-n2nnc(CN)c2C(C)(C)C)cc1. The van der Waals surface area contributed by atoms with Crippen molar-refractivity contribution >= 4 is 0 Å². The minimum Gasteiger partial charge on any atom is -0.325 e. The first-order valence-electron chi connectivity index (χ1n) is 7.40. The molecule has 0 atom stereocenters. The fourth-order valence-electron chi connectivity index (χ4n) is 2.48. The van der Waals surface area contributed by atoms with Crippen molar-refractivity contribution in [3.05, 3.63) is 41.2 Å². The maximum atomic E-state index is 5.80. The fraction of sp³-hybridized carbons (Fsp3) is 0.529. The van der Waals surface area contributed by atoms with Gasteiger partial charge in [0.25, 0.3) is 0 Å². The summed E-state index contributed by atoms with van der Waals surface area (Å²) in [5.41, 5.74) is 10.2. The van der Waals surface area contributed by atoms with E-state index in [-0.39, 0.29) is 10.8 Å². The largest absolute Gasteiger partial charge is 0.325 e. The molecule has 114 valence electrons. The fourth-order valence-corrected chi connectivity index (χ4v) is 2.48. The second-order valence-electron chi connectivity index (χ2n) is 7.55. The molecule has 0 aliphatic rings. The molecule has 1 heterocycles. The van der Waals surface area contributed by atoms with Crippen molar-refractivity contribution in [1.29, 1.82) is 0 Å². The molecular weight excluding hydrogens is 260 g/mol. The van der Waals surface area contributed by atoms with E-state index < -0.39 is 0 Å². The van der Waals surface area contributed by atoms with Crippen molar-refractivity contribution in [2.75, 3.05) is 0 Å². The Balaban J connectivity index is 2.50. The molecule has 21 heavy (non-hydrogen) atoms. The van der Waals surface area contributed by atoms with E-state index >= 15 is 0 Å². The minimum atomic E-state index is -0.0547. The van der Waals surface area contributed by atoms with Crippen molar-refractivity contribution in [1.82, 2.24) is 15.0 Å². The van der Waals surface area contributed by atoms with Crippen molar-refractivity contribution in [3.63, 3.8) is 0 Å². The molecule has 1 aromatic heterocycles. The Bertz CT molecular complexity index is 610. The Hall–Kier alpha value is -1.68. The number of rotatable bonds is 2. The van der Waals surface area contributed by atoms with Crippen molar-refractivity contribution in [3.8, 4) is 5.69 Å². The van der Waals surface area contributed by atoms with Gasteiger partial charge in [-0.25, -0.2) is 4.68 Å². The lowest BCUT2D eigenvalue weighted by atomic mass is 9.87. The monoisotopic (exact) mass is 286 g/mol. The van der Waals surface area contributed by atoms with Crippen LogP contribution < -0.4 is 5.73 Å². The van der Waals surface area contributed by atoms with Crippen LogP contribution in [-0.4, -0.2) is 15.0 Å². The zero-order valence-corrected chi connectivity index (χ0v) is 13.9. The third kappa shape index (κ3) is 3.16. The van der Waals surface area contributed by atoms with Gasteiger partial charge >= 0.3 is 0 Å². The number of benzene rings is 1. The smallest absolute Gasteiger partial charge is 0.100 e. The lowest BCUT2D eigenvalue weighted by Gasteiger charge is -2.22. The van der Waals surface area contributed by atoms with Gasteiger partial charge in [-0.3, -0.25) is 0 Å². The minimum absolute atomic E-state index is 0.0547. The highest BCUT2D eigenvalue weighted by atomic mass is 15.4. The first-order valence-corrected chi connectivity index (χ1v) is 7.40. The van der Waals surface area contributed by atoms with Crippen LogP contribution in [0, 0.1) is 0 Å². The van der Waals surface area contributed by atoms with Crippen LogP contribution in [0.15, 0.2) is 24.3 Å². The van der Waals surface area contributed by atoms with E-state index in [4.69, 9.17) is 5.73 Å². The number of nitrogens with zero attached hydrogens (tertiary/aromatic N) is 3. The molecule has 2 rings (SSSR count). The van der Waals surface area contributed by atoms with Gasteiger partial charge in [0.15, 0.2) is 0 Å². The lowest BCUT2D eigenvalue weighted by molar-refractivity contribution is 0.537. The molecule has 2 N–H and O–H groups in total. The number of hydrogen-bond acceptors (Lipinski definition) is 3. The van der Waals surface area contributed by atoms with E-state index in [0.29, 0.717) is 6.54 Å². The van der Waals surface area contributed by atoms with Gasteiger partial charge < -0.3 is 5.73 Å². The van der Waals surface area contributed by atoms with Crippen LogP contribution in [0.4, 0.5) is 0 Å². The summed E-state index contributed by atoms with van der Waals surface area (Å²) in [5, 5.41) is 8.54. The summed E-state index contributed by atoms with van der Waals surface area (Å²) in [6.07, 6.45) is 0. The van der Waals surface area contributed by atoms with E-state index in [2.05, 4.69) is 76.1 Å². The van der Waals surface area contributed by atoms with Crippen LogP contribution in [0.2, 0.25) is 0 Å². The summed E-state index contributed by atoms with van der Waals surface area (Å²) in [4.78, 5) is 0. The molecule has 0 fully saturated rings. The van der Waals surface area contributed by atoms with Gasteiger partial charge in [-0.2, -0.15) is 0 Å². The molecule has 0 saturated heterocycles. The summed E-state index contributed by atoms with van der Waals surface area (Å²) in [5.74, 6) is 0. The molecule has 0 bridgehead atoms. The van der Waals surface area contributed by atoms with Gasteiger partial charge in [-0.1, -0.05) is 58.9 Å². The molecule has 0 aliphatic carbocycles. The second kappa shape index (κ2) is 5.26. The third-order valence-electron chi connectivity index (χ3n) is 3.62. The number of hydrogen-bond donors (Lipinski definition) is 1. The normalized spacial score (nSPS) is 12.7. The predicted molar refractivity (Wildman–Crippen MR) is 86.7 cm³/mol. The molecule has 0 aliphatic heterocycles. The Kier molecular flexibility index (Phi) is 3.93. The Morgan fingerprint density at radius 2 is 1.52 bits per heavy atom. The molecule has 0 radical (unpaired) electrons. The van der Waals surface area contributed by atoms with Crippen LogP contribution in [0.3, 0.4) is 0 Å². The molecule has 4 nitrogen and oxygen atoms in total. The zero-order valence-electron chi connectivity index (χ0n) is 13.9. The first-order chi connectivity index (χ1) is 9.64. The van der Waals surface area contributed by atoms with Gasteiger partial charge in [0.2, 0.25) is 0 Å². The average Bonchev–Trinajstić information content (AvgIpc) is 2.81. The van der Waals surface area contributed by atoms with E-state index in [0.717, 1.165) is 17.1 Å². The van der Waals surface area contributed by atoms with Crippen LogP contribution in [0.1, 0.15) is 58.5 Å². The molecule has 0 unspecified atom stereocenters. The molecule has 4 heteroatoms. The topological polar surface area (TPSA) is 56.7 Å². The van der Waals surface area contributed by atoms with Gasteiger partial charge in [0.05, 0.1) is 11.4 Å². The molecule has 0 spiro atoms. The average molecular weight is 286 g/mol. The van der Waals surface area contributed by atoms with E-state index in [1.165, 1.54) is 5.56 Å². The summed E-state index contributed by atoms with van der Waals surface area (Å²) < 4.78 is 1.91. The van der Waals surface area contributed by atoms with Crippen molar-refractivity contribution < 1.29 is 0 Å².